The molecule has 2 amide bonds. The molecule has 0 saturated carbocycles. The van der Waals surface area contributed by atoms with E-state index in [1.165, 1.54) is 52.0 Å². The third-order valence-corrected chi connectivity index (χ3v) is 8.61. The molecule has 2 aromatic carbocycles. The van der Waals surface area contributed by atoms with E-state index in [1.807, 2.05) is 0 Å². The summed E-state index contributed by atoms with van der Waals surface area (Å²) >= 11 is 1.31. The maximum absolute atomic E-state index is 13.1. The quantitative estimate of drug-likeness (QED) is 0.403. The first-order chi connectivity index (χ1) is 17.5. The predicted molar refractivity (Wildman–Crippen MR) is 134 cm³/mol. The first-order valence-corrected chi connectivity index (χ1v) is 13.3. The molecular formula is C25H22F3N3O4S2. The van der Waals surface area contributed by atoms with Gasteiger partial charge in [-0.15, -0.1) is 11.3 Å². The normalized spacial score (nSPS) is 13.7. The van der Waals surface area contributed by atoms with Crippen LogP contribution in [0.4, 0.5) is 18.2 Å². The van der Waals surface area contributed by atoms with Crippen LogP contribution < -0.4 is 10.6 Å². The molecule has 2 N–H and O–H groups in total. The molecule has 37 heavy (non-hydrogen) atoms. The van der Waals surface area contributed by atoms with E-state index in [1.54, 1.807) is 6.07 Å². The molecule has 1 aromatic heterocycles. The lowest BCUT2D eigenvalue weighted by Crippen LogP contribution is -2.27. The molecule has 0 bridgehead atoms. The number of carbonyl (C=O) groups is 2. The standard InChI is InChI=1S/C25H22F3N3O4S2/c1-2-22(32)30-23-13-18-14-31(15-21(18)36-23)37(34,35)20-9-5-17(6-10-20)24(33)29-12-11-16-3-7-19(8-4-16)25(26,27)28/h2-10,13H,1,11-12,14-15H2,(H,29,33)(H,30,32). The molecule has 1 aliphatic rings. The highest BCUT2D eigenvalue weighted by molar-refractivity contribution is 7.89. The van der Waals surface area contributed by atoms with Gasteiger partial charge in [0, 0.05) is 30.1 Å². The number of rotatable bonds is 8. The molecule has 2 heterocycles. The Kier molecular flexibility index (Phi) is 7.53. The number of fused-ring (bicyclic) bond motifs is 1. The summed E-state index contributed by atoms with van der Waals surface area (Å²) < 4.78 is 65.5. The third-order valence-electron chi connectivity index (χ3n) is 5.73. The van der Waals surface area contributed by atoms with Gasteiger partial charge >= 0.3 is 6.18 Å². The number of benzene rings is 2. The molecule has 0 unspecified atom stereocenters. The molecule has 1 aliphatic heterocycles. The number of hydrogen-bond acceptors (Lipinski definition) is 5. The fraction of sp³-hybridized carbons (Fsp3) is 0.200. The Balaban J connectivity index is 1.32. The van der Waals surface area contributed by atoms with E-state index in [4.69, 9.17) is 0 Å². The van der Waals surface area contributed by atoms with Crippen molar-refractivity contribution in [3.05, 3.63) is 94.4 Å². The van der Waals surface area contributed by atoms with Gasteiger partial charge in [-0.25, -0.2) is 8.42 Å². The molecule has 194 valence electrons. The van der Waals surface area contributed by atoms with E-state index in [9.17, 15) is 31.2 Å². The summed E-state index contributed by atoms with van der Waals surface area (Å²) in [4.78, 5) is 24.8. The monoisotopic (exact) mass is 549 g/mol. The fourth-order valence-corrected chi connectivity index (χ4v) is 6.32. The molecular weight excluding hydrogens is 527 g/mol. The molecule has 4 rings (SSSR count). The van der Waals surface area contributed by atoms with Crippen LogP contribution in [-0.4, -0.2) is 31.1 Å². The SMILES string of the molecule is C=CC(=O)Nc1cc2c(s1)CN(S(=O)(=O)c1ccc(C(=O)NCCc3ccc(C(F)(F)F)cc3)cc1)C2. The minimum atomic E-state index is -4.40. The highest BCUT2D eigenvalue weighted by Gasteiger charge is 2.32. The second-order valence-corrected chi connectivity index (χ2v) is 11.3. The van der Waals surface area contributed by atoms with Crippen molar-refractivity contribution in [2.24, 2.45) is 0 Å². The molecule has 0 aliphatic carbocycles. The van der Waals surface area contributed by atoms with Crippen LogP contribution >= 0.6 is 11.3 Å². The fourth-order valence-electron chi connectivity index (χ4n) is 3.75. The summed E-state index contributed by atoms with van der Waals surface area (Å²) in [6.07, 6.45) is -2.90. The number of sulfonamides is 1. The van der Waals surface area contributed by atoms with E-state index >= 15 is 0 Å². The van der Waals surface area contributed by atoms with Crippen LogP contribution in [0, 0.1) is 0 Å². The number of amides is 2. The molecule has 3 aromatic rings. The number of nitrogens with zero attached hydrogens (tertiary/aromatic N) is 1. The van der Waals surface area contributed by atoms with Gasteiger partial charge in [0.2, 0.25) is 15.9 Å². The summed E-state index contributed by atoms with van der Waals surface area (Å²) in [6, 6.07) is 12.0. The molecule has 0 saturated heterocycles. The number of nitrogens with one attached hydrogen (secondary N) is 2. The van der Waals surface area contributed by atoms with Crippen molar-refractivity contribution in [2.75, 3.05) is 11.9 Å². The van der Waals surface area contributed by atoms with Crippen molar-refractivity contribution in [1.29, 1.82) is 0 Å². The zero-order valence-corrected chi connectivity index (χ0v) is 21.0. The van der Waals surface area contributed by atoms with E-state index in [2.05, 4.69) is 17.2 Å². The second-order valence-electron chi connectivity index (χ2n) is 8.25. The maximum Gasteiger partial charge on any atom is 0.416 e. The largest absolute Gasteiger partial charge is 0.416 e. The molecule has 12 heteroatoms. The van der Waals surface area contributed by atoms with Crippen LogP contribution in [0.2, 0.25) is 0 Å². The van der Waals surface area contributed by atoms with E-state index in [0.717, 1.165) is 28.6 Å². The maximum atomic E-state index is 13.1. The van der Waals surface area contributed by atoms with Crippen LogP contribution in [0.25, 0.3) is 0 Å². The van der Waals surface area contributed by atoms with E-state index in [-0.39, 0.29) is 36.0 Å². The molecule has 7 nitrogen and oxygen atoms in total. The van der Waals surface area contributed by atoms with Crippen molar-refractivity contribution >= 4 is 38.2 Å². The number of alkyl halides is 3. The molecule has 0 fully saturated rings. The van der Waals surface area contributed by atoms with Crippen molar-refractivity contribution in [1.82, 2.24) is 9.62 Å². The number of halogens is 3. The Hall–Kier alpha value is -3.48. The van der Waals surface area contributed by atoms with E-state index < -0.39 is 27.7 Å². The summed E-state index contributed by atoms with van der Waals surface area (Å²) in [5.41, 5.74) is 0.984. The van der Waals surface area contributed by atoms with Gasteiger partial charge in [-0.3, -0.25) is 9.59 Å². The Bertz CT molecular complexity index is 1410. The van der Waals surface area contributed by atoms with Crippen LogP contribution in [0.1, 0.15) is 31.9 Å². The van der Waals surface area contributed by atoms with Crippen molar-refractivity contribution in [2.45, 2.75) is 30.6 Å². The van der Waals surface area contributed by atoms with Gasteiger partial charge in [0.05, 0.1) is 15.5 Å². The van der Waals surface area contributed by atoms with Gasteiger partial charge in [-0.2, -0.15) is 17.5 Å². The number of thiophene rings is 1. The molecule has 0 spiro atoms. The van der Waals surface area contributed by atoms with Gasteiger partial charge in [0.1, 0.15) is 0 Å². The molecule has 0 atom stereocenters. The van der Waals surface area contributed by atoms with Gasteiger partial charge in [0.25, 0.3) is 5.91 Å². The first kappa shape index (κ1) is 26.6. The van der Waals surface area contributed by atoms with Crippen LogP contribution in [0.15, 0.2) is 72.1 Å². The minimum Gasteiger partial charge on any atom is -0.352 e. The van der Waals surface area contributed by atoms with Gasteiger partial charge in [0.15, 0.2) is 0 Å². The summed E-state index contributed by atoms with van der Waals surface area (Å²) in [5, 5.41) is 5.98. The lowest BCUT2D eigenvalue weighted by atomic mass is 10.1. The number of anilines is 1. The summed E-state index contributed by atoms with van der Waals surface area (Å²) in [7, 11) is -3.80. The zero-order valence-electron chi connectivity index (χ0n) is 19.3. The predicted octanol–water partition coefficient (Wildman–Crippen LogP) is 4.57. The molecule has 0 radical (unpaired) electrons. The zero-order chi connectivity index (χ0) is 26.8. The third kappa shape index (κ3) is 6.09. The van der Waals surface area contributed by atoms with Gasteiger partial charge < -0.3 is 10.6 Å². The number of carbonyl (C=O) groups excluding carboxylic acids is 2. The Morgan fingerprint density at radius 2 is 1.73 bits per heavy atom. The average Bonchev–Trinajstić information content (AvgIpc) is 3.43. The highest BCUT2D eigenvalue weighted by Crippen LogP contribution is 2.37. The van der Waals surface area contributed by atoms with Crippen LogP contribution in [0.5, 0.6) is 0 Å². The highest BCUT2D eigenvalue weighted by atomic mass is 32.2. The van der Waals surface area contributed by atoms with Crippen molar-refractivity contribution < 1.29 is 31.2 Å². The van der Waals surface area contributed by atoms with Gasteiger partial charge in [-0.05, 0) is 66.1 Å². The average molecular weight is 550 g/mol. The van der Waals surface area contributed by atoms with Crippen molar-refractivity contribution in [3.63, 3.8) is 0 Å². The Morgan fingerprint density at radius 1 is 1.05 bits per heavy atom. The van der Waals surface area contributed by atoms with Crippen molar-refractivity contribution in [3.8, 4) is 0 Å². The van der Waals surface area contributed by atoms with E-state index in [0.29, 0.717) is 17.0 Å². The topological polar surface area (TPSA) is 95.6 Å². The second kappa shape index (κ2) is 10.5. The Morgan fingerprint density at radius 3 is 2.32 bits per heavy atom. The lowest BCUT2D eigenvalue weighted by molar-refractivity contribution is -0.137. The minimum absolute atomic E-state index is 0.0455. The Labute approximate surface area is 215 Å². The van der Waals surface area contributed by atoms with Crippen LogP contribution in [0.3, 0.4) is 0 Å². The first-order valence-electron chi connectivity index (χ1n) is 11.1. The van der Waals surface area contributed by atoms with Gasteiger partial charge in [-0.1, -0.05) is 18.7 Å². The lowest BCUT2D eigenvalue weighted by Gasteiger charge is -2.16. The van der Waals surface area contributed by atoms with Crippen LogP contribution in [-0.2, 0) is 40.5 Å². The number of hydrogen-bond donors (Lipinski definition) is 2. The smallest absolute Gasteiger partial charge is 0.352 e. The summed E-state index contributed by atoms with van der Waals surface area (Å²) in [6.45, 7) is 3.95. The summed E-state index contributed by atoms with van der Waals surface area (Å²) in [5.74, 6) is -0.763.